The molecule has 0 aliphatic heterocycles. The first kappa shape index (κ1) is 22.3. The lowest BCUT2D eigenvalue weighted by Gasteiger charge is -2.20. The molecule has 2 aromatic rings. The summed E-state index contributed by atoms with van der Waals surface area (Å²) in [6.07, 6.45) is 1.02. The van der Waals surface area contributed by atoms with Crippen molar-refractivity contribution in [1.82, 2.24) is 4.98 Å². The molecule has 2 atom stereocenters. The van der Waals surface area contributed by atoms with Crippen LogP contribution in [0.1, 0.15) is 30.2 Å². The van der Waals surface area contributed by atoms with Crippen LogP contribution >= 0.6 is 23.2 Å². The topological polar surface area (TPSA) is 93.3 Å². The maximum atomic E-state index is 13.3. The van der Waals surface area contributed by atoms with Crippen molar-refractivity contribution >= 4 is 34.9 Å². The zero-order chi connectivity index (χ0) is 20.7. The quantitative estimate of drug-likeness (QED) is 0.568. The van der Waals surface area contributed by atoms with Crippen LogP contribution in [-0.2, 0) is 16.0 Å². The molecule has 0 fully saturated rings. The van der Waals surface area contributed by atoms with Gasteiger partial charge < -0.3 is 10.8 Å². The van der Waals surface area contributed by atoms with E-state index in [-0.39, 0.29) is 18.7 Å². The predicted octanol–water partition coefficient (Wildman–Crippen LogP) is 3.55. The molecule has 0 bridgehead atoms. The van der Waals surface area contributed by atoms with Gasteiger partial charge in [0.15, 0.2) is 10.6 Å². The molecule has 5 nitrogen and oxygen atoms in total. The molecule has 1 aromatic heterocycles. The summed E-state index contributed by atoms with van der Waals surface area (Å²) in [4.78, 5) is 25.5. The summed E-state index contributed by atoms with van der Waals surface area (Å²) >= 11 is 11.0. The van der Waals surface area contributed by atoms with Gasteiger partial charge in [-0.1, -0.05) is 53.5 Å². The van der Waals surface area contributed by atoms with Crippen LogP contribution in [0.4, 0.5) is 4.39 Å². The molecule has 0 aliphatic rings. The zero-order valence-electron chi connectivity index (χ0n) is 15.0. The number of amides is 1. The molecule has 3 N–H and O–H groups in total. The molecule has 8 heteroatoms. The summed E-state index contributed by atoms with van der Waals surface area (Å²) in [7, 11) is 0. The fourth-order valence-corrected chi connectivity index (χ4v) is 2.92. The van der Waals surface area contributed by atoms with Gasteiger partial charge in [-0.3, -0.25) is 19.0 Å². The first-order valence-electron chi connectivity index (χ1n) is 8.70. The number of rotatable bonds is 10. The van der Waals surface area contributed by atoms with E-state index >= 15 is 0 Å². The molecule has 2 rings (SSSR count). The Balaban J connectivity index is 2.07. The third kappa shape index (κ3) is 6.26. The average Bonchev–Trinajstić information content (AvgIpc) is 2.70. The lowest BCUT2D eigenvalue weighted by molar-refractivity contribution is -0.119. The minimum atomic E-state index is -1.23. The van der Waals surface area contributed by atoms with Gasteiger partial charge in [0.2, 0.25) is 5.91 Å². The molecule has 28 heavy (non-hydrogen) atoms. The molecule has 1 amide bonds. The molecule has 0 unspecified atom stereocenters. The number of aromatic nitrogens is 1. The number of Topliss-reactive ketones (excluding diaryl/α,β-unsaturated/α-hetero) is 1. The van der Waals surface area contributed by atoms with Crippen molar-refractivity contribution in [3.8, 4) is 11.1 Å². The van der Waals surface area contributed by atoms with Crippen LogP contribution in [0, 0.1) is 5.92 Å². The summed E-state index contributed by atoms with van der Waals surface area (Å²) in [5.74, 6) is -1.81. The maximum absolute atomic E-state index is 13.3. The number of alkyl halides is 3. The SMILES string of the molecule is NC(=O)CCc1ccc(-c2ccc([C@@H](O)[C@@H](CF)CC(=O)C(Cl)Cl)cc2)cn1. The van der Waals surface area contributed by atoms with Crippen LogP contribution in [0.5, 0.6) is 0 Å². The van der Waals surface area contributed by atoms with E-state index in [1.165, 1.54) is 0 Å². The number of aliphatic hydroxyl groups is 1. The van der Waals surface area contributed by atoms with E-state index in [4.69, 9.17) is 28.9 Å². The Morgan fingerprint density at radius 2 is 1.75 bits per heavy atom. The Hall–Kier alpha value is -2.02. The summed E-state index contributed by atoms with van der Waals surface area (Å²) in [5.41, 5.74) is 8.10. The van der Waals surface area contributed by atoms with Crippen LogP contribution in [0.25, 0.3) is 11.1 Å². The third-order valence-corrected chi connectivity index (χ3v) is 4.88. The van der Waals surface area contributed by atoms with E-state index in [0.29, 0.717) is 12.0 Å². The standard InChI is InChI=1S/C20H21Cl2FN2O3/c21-20(22)17(26)9-15(10-23)19(28)13-3-1-12(2-4-13)14-5-6-16(25-11-14)7-8-18(24)27/h1-6,11,15,19-20,28H,7-10H2,(H2,24,27)/t15-,19-/m1/s1. The van der Waals surface area contributed by atoms with E-state index in [1.54, 1.807) is 30.5 Å². The van der Waals surface area contributed by atoms with E-state index in [9.17, 15) is 19.1 Å². The highest BCUT2D eigenvalue weighted by Gasteiger charge is 2.26. The minimum Gasteiger partial charge on any atom is -0.388 e. The predicted molar refractivity (Wildman–Crippen MR) is 107 cm³/mol. The number of aryl methyl sites for hydroxylation is 1. The summed E-state index contributed by atoms with van der Waals surface area (Å²) in [5, 5.41) is 10.4. The van der Waals surface area contributed by atoms with Crippen LogP contribution in [0.2, 0.25) is 0 Å². The molecule has 0 saturated heterocycles. The number of ketones is 1. The van der Waals surface area contributed by atoms with Gasteiger partial charge >= 0.3 is 0 Å². The van der Waals surface area contributed by atoms with Gasteiger partial charge in [0.25, 0.3) is 0 Å². The van der Waals surface area contributed by atoms with E-state index < -0.39 is 29.3 Å². The number of benzene rings is 1. The lowest BCUT2D eigenvalue weighted by Crippen LogP contribution is -2.21. The number of nitrogens with zero attached hydrogens (tertiary/aromatic N) is 1. The number of aliphatic hydroxyl groups excluding tert-OH is 1. The van der Waals surface area contributed by atoms with Gasteiger partial charge in [-0.25, -0.2) is 0 Å². The first-order chi connectivity index (χ1) is 13.3. The van der Waals surface area contributed by atoms with Crippen LogP contribution in [0.15, 0.2) is 42.6 Å². The normalized spacial score (nSPS) is 13.3. The smallest absolute Gasteiger partial charge is 0.217 e. The van der Waals surface area contributed by atoms with Gasteiger partial charge in [0.05, 0.1) is 12.8 Å². The van der Waals surface area contributed by atoms with Crippen molar-refractivity contribution in [3.05, 3.63) is 53.9 Å². The molecule has 0 spiro atoms. The maximum Gasteiger partial charge on any atom is 0.217 e. The van der Waals surface area contributed by atoms with Gasteiger partial charge in [-0.05, 0) is 23.6 Å². The van der Waals surface area contributed by atoms with E-state index in [2.05, 4.69) is 4.98 Å². The molecule has 150 valence electrons. The Kier molecular flexibility index (Phi) is 8.35. The van der Waals surface area contributed by atoms with Crippen molar-refractivity contribution in [2.75, 3.05) is 6.67 Å². The summed E-state index contributed by atoms with van der Waals surface area (Å²) in [6.45, 7) is -0.869. The summed E-state index contributed by atoms with van der Waals surface area (Å²) < 4.78 is 13.3. The fraction of sp³-hybridized carbons (Fsp3) is 0.350. The van der Waals surface area contributed by atoms with Crippen molar-refractivity contribution in [1.29, 1.82) is 0 Å². The van der Waals surface area contributed by atoms with E-state index in [0.717, 1.165) is 16.8 Å². The zero-order valence-corrected chi connectivity index (χ0v) is 16.5. The van der Waals surface area contributed by atoms with Crippen LogP contribution in [-0.4, -0.2) is 33.3 Å². The second-order valence-corrected chi connectivity index (χ2v) is 7.55. The number of pyridine rings is 1. The minimum absolute atomic E-state index is 0.241. The second kappa shape index (κ2) is 10.5. The first-order valence-corrected chi connectivity index (χ1v) is 9.57. The van der Waals surface area contributed by atoms with E-state index in [1.807, 2.05) is 12.1 Å². The van der Waals surface area contributed by atoms with Gasteiger partial charge in [-0.2, -0.15) is 0 Å². The molecule has 0 radical (unpaired) electrons. The average molecular weight is 427 g/mol. The van der Waals surface area contributed by atoms with Crippen LogP contribution in [0.3, 0.4) is 0 Å². The number of halogens is 3. The summed E-state index contributed by atoms with van der Waals surface area (Å²) in [6, 6.07) is 10.6. The monoisotopic (exact) mass is 426 g/mol. The fourth-order valence-electron chi connectivity index (χ4n) is 2.74. The Labute approximate surface area is 172 Å². The molecule has 0 saturated carbocycles. The molecular formula is C20H21Cl2FN2O3. The van der Waals surface area contributed by atoms with Gasteiger partial charge in [0.1, 0.15) is 0 Å². The lowest BCUT2D eigenvalue weighted by atomic mass is 9.91. The Bertz CT molecular complexity index is 798. The van der Waals surface area contributed by atoms with Crippen molar-refractivity contribution in [3.63, 3.8) is 0 Å². The highest BCUT2D eigenvalue weighted by atomic mass is 35.5. The molecule has 1 heterocycles. The highest BCUT2D eigenvalue weighted by Crippen LogP contribution is 2.29. The number of primary amides is 1. The number of nitrogens with two attached hydrogens (primary N) is 1. The van der Waals surface area contributed by atoms with Crippen molar-refractivity contribution in [2.24, 2.45) is 11.7 Å². The van der Waals surface area contributed by atoms with Crippen molar-refractivity contribution < 1.29 is 19.1 Å². The molecular weight excluding hydrogens is 406 g/mol. The third-order valence-electron chi connectivity index (χ3n) is 4.39. The second-order valence-electron chi connectivity index (χ2n) is 6.46. The molecule has 1 aromatic carbocycles. The number of carbonyl (C=O) groups is 2. The van der Waals surface area contributed by atoms with Crippen LogP contribution < -0.4 is 5.73 Å². The van der Waals surface area contributed by atoms with Gasteiger partial charge in [0, 0.05) is 36.2 Å². The Morgan fingerprint density at radius 3 is 2.25 bits per heavy atom. The number of carbonyl (C=O) groups excluding carboxylic acids is 2. The van der Waals surface area contributed by atoms with Crippen molar-refractivity contribution in [2.45, 2.75) is 30.2 Å². The van der Waals surface area contributed by atoms with Gasteiger partial charge in [-0.15, -0.1) is 0 Å². The number of hydrogen-bond acceptors (Lipinski definition) is 4. The largest absolute Gasteiger partial charge is 0.388 e. The Morgan fingerprint density at radius 1 is 1.11 bits per heavy atom. The number of hydrogen-bond donors (Lipinski definition) is 2. The molecule has 0 aliphatic carbocycles. The highest BCUT2D eigenvalue weighted by molar-refractivity contribution is 6.53.